The number of rotatable bonds is 0. The summed E-state index contributed by atoms with van der Waals surface area (Å²) in [5.74, 6) is 1.06. The van der Waals surface area contributed by atoms with Crippen molar-refractivity contribution in [3.8, 4) is 0 Å². The summed E-state index contributed by atoms with van der Waals surface area (Å²) in [6.07, 6.45) is 2.60. The molecule has 4 heteroatoms. The van der Waals surface area contributed by atoms with E-state index < -0.39 is 0 Å². The summed E-state index contributed by atoms with van der Waals surface area (Å²) in [5, 5.41) is 1.05. The van der Waals surface area contributed by atoms with E-state index in [9.17, 15) is 4.79 Å². The summed E-state index contributed by atoms with van der Waals surface area (Å²) in [6, 6.07) is 0. The fourth-order valence-electron chi connectivity index (χ4n) is 1.57. The van der Waals surface area contributed by atoms with Crippen molar-refractivity contribution in [3.63, 3.8) is 0 Å². The van der Waals surface area contributed by atoms with Gasteiger partial charge < -0.3 is 0 Å². The molecule has 0 atom stereocenters. The molecule has 3 nitrogen and oxygen atoms in total. The van der Waals surface area contributed by atoms with E-state index in [2.05, 4.69) is 4.98 Å². The summed E-state index contributed by atoms with van der Waals surface area (Å²) >= 11 is 1.70. The topological polar surface area (TPSA) is 33.2 Å². The number of thiazole rings is 1. The van der Waals surface area contributed by atoms with Gasteiger partial charge in [0.15, 0.2) is 0 Å². The van der Waals surface area contributed by atoms with Crippen molar-refractivity contribution in [1.29, 1.82) is 0 Å². The monoisotopic (exact) mass is 196 g/mol. The molecule has 0 fully saturated rings. The number of amides is 1. The third kappa shape index (κ3) is 1.46. The molecule has 2 heterocycles. The van der Waals surface area contributed by atoms with Crippen LogP contribution in [0, 0.1) is 6.92 Å². The molecule has 0 unspecified atom stereocenters. The molecule has 0 aliphatic carbocycles. The molecular weight excluding hydrogens is 184 g/mol. The third-order valence-corrected chi connectivity index (χ3v) is 3.29. The predicted octanol–water partition coefficient (Wildman–Crippen LogP) is 1.75. The first kappa shape index (κ1) is 8.69. The number of hydrogen-bond donors (Lipinski definition) is 0. The number of nitrogens with zero attached hydrogens (tertiary/aromatic N) is 2. The zero-order valence-electron chi connectivity index (χ0n) is 7.83. The molecular formula is C9H12N2OS. The van der Waals surface area contributed by atoms with Crippen LogP contribution in [-0.2, 0) is 11.2 Å². The largest absolute Gasteiger partial charge is 0.299 e. The van der Waals surface area contributed by atoms with Crippen LogP contribution in [0.1, 0.15) is 22.7 Å². The van der Waals surface area contributed by atoms with E-state index in [0.717, 1.165) is 23.7 Å². The number of anilines is 1. The lowest BCUT2D eigenvalue weighted by Gasteiger charge is -2.12. The van der Waals surface area contributed by atoms with E-state index in [1.807, 2.05) is 14.0 Å². The van der Waals surface area contributed by atoms with E-state index in [0.29, 0.717) is 6.42 Å². The number of fused-ring (bicyclic) bond motifs is 1. The van der Waals surface area contributed by atoms with Gasteiger partial charge in [-0.05, 0) is 19.8 Å². The molecule has 0 aromatic carbocycles. The minimum atomic E-state index is 0.184. The van der Waals surface area contributed by atoms with Gasteiger partial charge in [0.05, 0.1) is 5.01 Å². The Morgan fingerprint density at radius 3 is 3.00 bits per heavy atom. The van der Waals surface area contributed by atoms with Gasteiger partial charge in [-0.1, -0.05) is 0 Å². The minimum absolute atomic E-state index is 0.184. The Kier molecular flexibility index (Phi) is 2.07. The quantitative estimate of drug-likeness (QED) is 0.633. The first-order valence-corrected chi connectivity index (χ1v) is 5.23. The van der Waals surface area contributed by atoms with Crippen molar-refractivity contribution in [3.05, 3.63) is 9.88 Å². The second-order valence-corrected chi connectivity index (χ2v) is 4.57. The van der Waals surface area contributed by atoms with Crippen LogP contribution in [0.3, 0.4) is 0 Å². The Morgan fingerprint density at radius 2 is 2.23 bits per heavy atom. The molecule has 0 bridgehead atoms. The lowest BCUT2D eigenvalue weighted by Crippen LogP contribution is -2.25. The lowest BCUT2D eigenvalue weighted by molar-refractivity contribution is -0.118. The Balaban J connectivity index is 2.44. The second kappa shape index (κ2) is 3.10. The van der Waals surface area contributed by atoms with Crippen LogP contribution < -0.4 is 4.90 Å². The first-order valence-electron chi connectivity index (χ1n) is 4.41. The molecule has 1 aliphatic rings. The molecule has 0 saturated heterocycles. The maximum atomic E-state index is 11.5. The molecule has 0 saturated carbocycles. The molecule has 2 rings (SSSR count). The van der Waals surface area contributed by atoms with Gasteiger partial charge in [0.1, 0.15) is 5.82 Å². The van der Waals surface area contributed by atoms with Gasteiger partial charge in [0, 0.05) is 18.3 Å². The standard InChI is InChI=1S/C9H12N2OS/c1-6-10-9-7(13-6)4-3-5-8(12)11(9)2/h3-5H2,1-2H3. The first-order chi connectivity index (χ1) is 6.18. The highest BCUT2D eigenvalue weighted by molar-refractivity contribution is 7.12. The Labute approximate surface area is 81.4 Å². The molecule has 0 radical (unpaired) electrons. The van der Waals surface area contributed by atoms with E-state index in [-0.39, 0.29) is 5.91 Å². The SMILES string of the molecule is Cc1nc2c(s1)CCCC(=O)N2C. The van der Waals surface area contributed by atoms with Crippen molar-refractivity contribution in [2.75, 3.05) is 11.9 Å². The zero-order chi connectivity index (χ0) is 9.42. The van der Waals surface area contributed by atoms with E-state index in [1.165, 1.54) is 4.88 Å². The molecule has 70 valence electrons. The molecule has 0 spiro atoms. The van der Waals surface area contributed by atoms with Crippen molar-refractivity contribution < 1.29 is 4.79 Å². The van der Waals surface area contributed by atoms with Crippen LogP contribution >= 0.6 is 11.3 Å². The Hall–Kier alpha value is -0.900. The van der Waals surface area contributed by atoms with Gasteiger partial charge in [-0.2, -0.15) is 0 Å². The van der Waals surface area contributed by atoms with Gasteiger partial charge in [-0.25, -0.2) is 4.98 Å². The maximum Gasteiger partial charge on any atom is 0.227 e. The van der Waals surface area contributed by atoms with Crippen LogP contribution in [0.25, 0.3) is 0 Å². The number of carbonyl (C=O) groups excluding carboxylic acids is 1. The second-order valence-electron chi connectivity index (χ2n) is 3.29. The van der Waals surface area contributed by atoms with Crippen molar-refractivity contribution in [2.45, 2.75) is 26.2 Å². The summed E-state index contributed by atoms with van der Waals surface area (Å²) in [7, 11) is 1.81. The zero-order valence-corrected chi connectivity index (χ0v) is 8.65. The number of aryl methyl sites for hydroxylation is 2. The van der Waals surface area contributed by atoms with Crippen molar-refractivity contribution in [1.82, 2.24) is 4.98 Å². The molecule has 1 aromatic heterocycles. The Morgan fingerprint density at radius 1 is 1.46 bits per heavy atom. The normalized spacial score (nSPS) is 17.1. The fourth-order valence-corrected chi connectivity index (χ4v) is 2.58. The van der Waals surface area contributed by atoms with Gasteiger partial charge in [0.2, 0.25) is 5.91 Å². The van der Waals surface area contributed by atoms with Crippen molar-refractivity contribution in [2.24, 2.45) is 0 Å². The molecule has 0 N–H and O–H groups in total. The summed E-state index contributed by atoms with van der Waals surface area (Å²) < 4.78 is 0. The van der Waals surface area contributed by atoms with Crippen molar-refractivity contribution >= 4 is 23.1 Å². The summed E-state index contributed by atoms with van der Waals surface area (Å²) in [4.78, 5) is 18.8. The van der Waals surface area contributed by atoms with E-state index in [4.69, 9.17) is 0 Å². The summed E-state index contributed by atoms with van der Waals surface area (Å²) in [5.41, 5.74) is 0. The molecule has 1 aliphatic heterocycles. The average Bonchev–Trinajstić information content (AvgIpc) is 2.40. The van der Waals surface area contributed by atoms with Crippen LogP contribution in [-0.4, -0.2) is 17.9 Å². The van der Waals surface area contributed by atoms with Crippen LogP contribution in [0.2, 0.25) is 0 Å². The maximum absolute atomic E-state index is 11.5. The molecule has 1 aromatic rings. The molecule has 1 amide bonds. The Bertz CT molecular complexity index is 345. The minimum Gasteiger partial charge on any atom is -0.299 e. The van der Waals surface area contributed by atoms with E-state index in [1.54, 1.807) is 16.2 Å². The number of hydrogen-bond acceptors (Lipinski definition) is 3. The highest BCUT2D eigenvalue weighted by Gasteiger charge is 2.21. The predicted molar refractivity (Wildman–Crippen MR) is 53.2 cm³/mol. The highest BCUT2D eigenvalue weighted by atomic mass is 32.1. The third-order valence-electron chi connectivity index (χ3n) is 2.27. The van der Waals surface area contributed by atoms with Gasteiger partial charge in [-0.15, -0.1) is 11.3 Å². The van der Waals surface area contributed by atoms with Gasteiger partial charge in [0.25, 0.3) is 0 Å². The smallest absolute Gasteiger partial charge is 0.227 e. The highest BCUT2D eigenvalue weighted by Crippen LogP contribution is 2.29. The molecule has 13 heavy (non-hydrogen) atoms. The van der Waals surface area contributed by atoms with E-state index >= 15 is 0 Å². The lowest BCUT2D eigenvalue weighted by atomic mass is 10.2. The average molecular weight is 196 g/mol. The number of aromatic nitrogens is 1. The number of carbonyl (C=O) groups is 1. The van der Waals surface area contributed by atoms with Gasteiger partial charge in [-0.3, -0.25) is 9.69 Å². The fraction of sp³-hybridized carbons (Fsp3) is 0.556. The summed E-state index contributed by atoms with van der Waals surface area (Å²) in [6.45, 7) is 1.98. The van der Waals surface area contributed by atoms with Crippen LogP contribution in [0.15, 0.2) is 0 Å². The van der Waals surface area contributed by atoms with Gasteiger partial charge >= 0.3 is 0 Å². The van der Waals surface area contributed by atoms with Crippen LogP contribution in [0.4, 0.5) is 5.82 Å². The van der Waals surface area contributed by atoms with Crippen LogP contribution in [0.5, 0.6) is 0 Å².